The summed E-state index contributed by atoms with van der Waals surface area (Å²) >= 11 is 0. The van der Waals surface area contributed by atoms with E-state index in [2.05, 4.69) is 10.1 Å². The molecule has 3 heterocycles. The van der Waals surface area contributed by atoms with Crippen LogP contribution in [0, 0.1) is 19.8 Å². The molecule has 5 rings (SSSR count). The number of Topliss-reactive ketones (excluding diaryl/α,β-unsaturated/α-hetero) is 1. The lowest BCUT2D eigenvalue weighted by Crippen LogP contribution is -2.45. The van der Waals surface area contributed by atoms with Gasteiger partial charge in [-0.2, -0.15) is 0 Å². The van der Waals surface area contributed by atoms with Crippen LogP contribution in [0.1, 0.15) is 67.4 Å². The highest BCUT2D eigenvalue weighted by atomic mass is 16.6. The lowest BCUT2D eigenvalue weighted by molar-refractivity contribution is 0.0339. The van der Waals surface area contributed by atoms with E-state index in [1.165, 1.54) is 0 Å². The van der Waals surface area contributed by atoms with Crippen molar-refractivity contribution >= 4 is 23.3 Å². The van der Waals surface area contributed by atoms with Gasteiger partial charge in [0.1, 0.15) is 17.2 Å². The molecular formula is C26H28N4O4. The molecule has 0 bridgehead atoms. The summed E-state index contributed by atoms with van der Waals surface area (Å²) in [6.45, 7) is 9.27. The van der Waals surface area contributed by atoms with E-state index in [1.54, 1.807) is 29.4 Å². The molecule has 8 nitrogen and oxygen atoms in total. The normalized spacial score (nSPS) is 20.1. The predicted octanol–water partition coefficient (Wildman–Crippen LogP) is 5.04. The SMILES string of the molecule is Cc1noc(C)c1C1=CC(C(=O)c2cccnc2)=C2N=C(C3CC3)N(C(=O)OC(C)(C)C)C2C1. The minimum atomic E-state index is -0.651. The van der Waals surface area contributed by atoms with E-state index < -0.39 is 17.7 Å². The van der Waals surface area contributed by atoms with Crippen molar-refractivity contribution in [2.75, 3.05) is 0 Å². The number of aliphatic imine (C=N–C) groups is 1. The van der Waals surface area contributed by atoms with Crippen molar-refractivity contribution in [3.8, 4) is 0 Å². The van der Waals surface area contributed by atoms with Gasteiger partial charge in [0.25, 0.3) is 0 Å². The number of carbonyl (C=O) groups excluding carboxylic acids is 2. The van der Waals surface area contributed by atoms with Crippen molar-refractivity contribution in [2.45, 2.75) is 65.5 Å². The Morgan fingerprint density at radius 2 is 1.97 bits per heavy atom. The zero-order valence-electron chi connectivity index (χ0n) is 20.1. The molecule has 1 amide bonds. The predicted molar refractivity (Wildman–Crippen MR) is 126 cm³/mol. The van der Waals surface area contributed by atoms with Gasteiger partial charge >= 0.3 is 6.09 Å². The summed E-state index contributed by atoms with van der Waals surface area (Å²) in [6, 6.07) is 3.04. The Balaban J connectivity index is 1.66. The highest BCUT2D eigenvalue weighted by Gasteiger charge is 2.48. The molecule has 0 saturated heterocycles. The second-order valence-corrected chi connectivity index (χ2v) is 10.1. The summed E-state index contributed by atoms with van der Waals surface area (Å²) in [5.41, 5.74) is 3.38. The number of aryl methyl sites for hydroxylation is 2. The lowest BCUT2D eigenvalue weighted by Gasteiger charge is -2.32. The molecular weight excluding hydrogens is 432 g/mol. The Kier molecular flexibility index (Phi) is 5.26. The molecule has 1 aliphatic heterocycles. The van der Waals surface area contributed by atoms with Crippen molar-refractivity contribution in [2.24, 2.45) is 10.9 Å². The molecule has 8 heteroatoms. The summed E-state index contributed by atoms with van der Waals surface area (Å²) in [6.07, 6.45) is 7.04. The summed E-state index contributed by atoms with van der Waals surface area (Å²) in [4.78, 5) is 37.7. The van der Waals surface area contributed by atoms with Gasteiger partial charge in [0.05, 0.1) is 17.4 Å². The molecule has 176 valence electrons. The van der Waals surface area contributed by atoms with Crippen molar-refractivity contribution in [1.29, 1.82) is 0 Å². The fourth-order valence-corrected chi connectivity index (χ4v) is 4.59. The molecule has 3 aliphatic rings. The van der Waals surface area contributed by atoms with Crippen LogP contribution in [0.5, 0.6) is 0 Å². The number of ketones is 1. The Labute approximate surface area is 198 Å². The fourth-order valence-electron chi connectivity index (χ4n) is 4.59. The van der Waals surface area contributed by atoms with E-state index >= 15 is 0 Å². The number of allylic oxidation sites excluding steroid dienone is 2. The number of hydrogen-bond acceptors (Lipinski definition) is 7. The first kappa shape index (κ1) is 22.3. The number of rotatable bonds is 4. The topological polar surface area (TPSA) is 97.9 Å². The van der Waals surface area contributed by atoms with Gasteiger partial charge in [-0.25, -0.2) is 9.79 Å². The summed E-state index contributed by atoms with van der Waals surface area (Å²) in [5.74, 6) is 1.38. The average molecular weight is 461 g/mol. The number of ether oxygens (including phenoxy) is 1. The number of nitrogens with zero attached hydrogens (tertiary/aromatic N) is 4. The van der Waals surface area contributed by atoms with Gasteiger partial charge in [-0.15, -0.1) is 0 Å². The van der Waals surface area contributed by atoms with Crippen molar-refractivity contribution < 1.29 is 18.8 Å². The Morgan fingerprint density at radius 1 is 1.21 bits per heavy atom. The number of amides is 1. The van der Waals surface area contributed by atoms with Gasteiger partial charge in [0.2, 0.25) is 0 Å². The van der Waals surface area contributed by atoms with Crippen LogP contribution in [-0.4, -0.2) is 44.4 Å². The molecule has 2 aromatic heterocycles. The third-order valence-corrected chi connectivity index (χ3v) is 6.17. The number of fused-ring (bicyclic) bond motifs is 1. The monoisotopic (exact) mass is 460 g/mol. The van der Waals surface area contributed by atoms with Crippen LogP contribution in [0.2, 0.25) is 0 Å². The highest BCUT2D eigenvalue weighted by Crippen LogP contribution is 2.45. The fraction of sp³-hybridized carbons (Fsp3) is 0.423. The van der Waals surface area contributed by atoms with Gasteiger partial charge in [-0.05, 0) is 77.7 Å². The molecule has 1 unspecified atom stereocenters. The van der Waals surface area contributed by atoms with Crippen LogP contribution in [0.25, 0.3) is 5.57 Å². The highest BCUT2D eigenvalue weighted by molar-refractivity contribution is 6.14. The summed E-state index contributed by atoms with van der Waals surface area (Å²) < 4.78 is 11.2. The Hall–Kier alpha value is -3.55. The van der Waals surface area contributed by atoms with E-state index in [4.69, 9.17) is 14.3 Å². The van der Waals surface area contributed by atoms with Gasteiger partial charge in [-0.3, -0.25) is 14.7 Å². The van der Waals surface area contributed by atoms with Gasteiger partial charge in [0, 0.05) is 35.0 Å². The minimum absolute atomic E-state index is 0.179. The maximum absolute atomic E-state index is 13.6. The second-order valence-electron chi connectivity index (χ2n) is 10.1. The molecule has 0 radical (unpaired) electrons. The number of pyridine rings is 1. The molecule has 0 aromatic carbocycles. The lowest BCUT2D eigenvalue weighted by atomic mass is 9.85. The largest absolute Gasteiger partial charge is 0.443 e. The first-order chi connectivity index (χ1) is 16.1. The van der Waals surface area contributed by atoms with E-state index in [1.807, 2.05) is 40.7 Å². The Bertz CT molecular complexity index is 1240. The second kappa shape index (κ2) is 8.04. The quantitative estimate of drug-likeness (QED) is 0.593. The maximum atomic E-state index is 13.6. The average Bonchev–Trinajstić information content (AvgIpc) is 3.48. The number of amidine groups is 1. The standard InChI is InChI=1S/C26H28N4O4/c1-14-21(15(2)34-29-14)18-11-19(23(31)17-7-6-10-27-13-17)22-20(12-18)30(24(28-22)16-8-9-16)25(32)33-26(3,4)5/h6-7,10-11,13,16,20H,8-9,12H2,1-5H3. The maximum Gasteiger partial charge on any atom is 0.416 e. The molecule has 34 heavy (non-hydrogen) atoms. The molecule has 2 aromatic rings. The summed E-state index contributed by atoms with van der Waals surface area (Å²) in [5, 5.41) is 4.10. The number of carbonyl (C=O) groups is 2. The molecule has 1 atom stereocenters. The first-order valence-corrected chi connectivity index (χ1v) is 11.6. The summed E-state index contributed by atoms with van der Waals surface area (Å²) in [7, 11) is 0. The Morgan fingerprint density at radius 3 is 2.56 bits per heavy atom. The minimum Gasteiger partial charge on any atom is -0.443 e. The molecule has 2 aliphatic carbocycles. The third kappa shape index (κ3) is 3.97. The van der Waals surface area contributed by atoms with Crippen molar-refractivity contribution in [3.63, 3.8) is 0 Å². The van der Waals surface area contributed by atoms with Crippen LogP contribution < -0.4 is 0 Å². The smallest absolute Gasteiger partial charge is 0.416 e. The van der Waals surface area contributed by atoms with Crippen LogP contribution in [0.3, 0.4) is 0 Å². The van der Waals surface area contributed by atoms with E-state index in [9.17, 15) is 9.59 Å². The van der Waals surface area contributed by atoms with Crippen LogP contribution >= 0.6 is 0 Å². The van der Waals surface area contributed by atoms with Crippen molar-refractivity contribution in [1.82, 2.24) is 15.0 Å². The van der Waals surface area contributed by atoms with Crippen LogP contribution in [0.4, 0.5) is 4.79 Å². The van der Waals surface area contributed by atoms with E-state index in [-0.39, 0.29) is 11.7 Å². The van der Waals surface area contributed by atoms with Gasteiger partial charge in [-0.1, -0.05) is 5.16 Å². The zero-order valence-corrected chi connectivity index (χ0v) is 20.1. The first-order valence-electron chi connectivity index (χ1n) is 11.6. The van der Waals surface area contributed by atoms with Crippen LogP contribution in [-0.2, 0) is 4.74 Å². The zero-order chi connectivity index (χ0) is 24.2. The van der Waals surface area contributed by atoms with E-state index in [0.717, 1.165) is 29.7 Å². The molecule has 1 saturated carbocycles. The number of aromatic nitrogens is 2. The van der Waals surface area contributed by atoms with Gasteiger partial charge in [0.15, 0.2) is 5.78 Å². The third-order valence-electron chi connectivity index (χ3n) is 6.17. The van der Waals surface area contributed by atoms with Crippen molar-refractivity contribution in [3.05, 3.63) is 64.5 Å². The van der Waals surface area contributed by atoms with Gasteiger partial charge < -0.3 is 9.26 Å². The molecule has 0 spiro atoms. The van der Waals surface area contributed by atoms with Crippen LogP contribution in [0.15, 0.2) is 51.4 Å². The molecule has 1 fully saturated rings. The molecule has 0 N–H and O–H groups in total. The number of hydrogen-bond donors (Lipinski definition) is 0. The van der Waals surface area contributed by atoms with E-state index in [0.29, 0.717) is 34.9 Å².